The lowest BCUT2D eigenvalue weighted by Crippen LogP contribution is -2.43. The van der Waals surface area contributed by atoms with Crippen LogP contribution in [0.2, 0.25) is 0 Å². The van der Waals surface area contributed by atoms with Gasteiger partial charge in [-0.1, -0.05) is 0 Å². The van der Waals surface area contributed by atoms with Gasteiger partial charge in [0.25, 0.3) is 0 Å². The van der Waals surface area contributed by atoms with Gasteiger partial charge in [0.05, 0.1) is 5.69 Å². The Balaban J connectivity index is 2.29. The highest BCUT2D eigenvalue weighted by molar-refractivity contribution is 6.09. The first-order valence-electron chi connectivity index (χ1n) is 8.89. The molecule has 0 radical (unpaired) electrons. The van der Waals surface area contributed by atoms with E-state index in [2.05, 4.69) is 10.3 Å². The number of hydrogen-bond acceptors (Lipinski definition) is 6. The molecule has 1 fully saturated rings. The molecule has 3 amide bonds. The Morgan fingerprint density at radius 3 is 2.00 bits per heavy atom. The van der Waals surface area contributed by atoms with Crippen molar-refractivity contribution in [2.24, 2.45) is 5.92 Å². The van der Waals surface area contributed by atoms with Gasteiger partial charge in [-0.15, -0.1) is 0 Å². The Bertz CT molecular complexity index is 702. The second kappa shape index (κ2) is 7.54. The molecule has 8 heteroatoms. The summed E-state index contributed by atoms with van der Waals surface area (Å²) < 4.78 is 10.7. The highest BCUT2D eigenvalue weighted by atomic mass is 16.6. The zero-order valence-corrected chi connectivity index (χ0v) is 16.7. The lowest BCUT2D eigenvalue weighted by Gasteiger charge is -2.28. The third kappa shape index (κ3) is 6.54. The average molecular weight is 377 g/mol. The van der Waals surface area contributed by atoms with Crippen LogP contribution in [0.5, 0.6) is 0 Å². The van der Waals surface area contributed by atoms with Crippen molar-refractivity contribution in [2.45, 2.75) is 65.6 Å². The van der Waals surface area contributed by atoms with Gasteiger partial charge in [-0.25, -0.2) is 14.6 Å². The quantitative estimate of drug-likeness (QED) is 0.851. The van der Waals surface area contributed by atoms with Gasteiger partial charge in [-0.05, 0) is 60.5 Å². The fraction of sp³-hybridized carbons (Fsp3) is 0.579. The number of ether oxygens (including phenoxy) is 2. The number of aromatic nitrogens is 1. The van der Waals surface area contributed by atoms with Crippen LogP contribution >= 0.6 is 0 Å². The van der Waals surface area contributed by atoms with Crippen LogP contribution in [0.25, 0.3) is 0 Å². The van der Waals surface area contributed by atoms with Gasteiger partial charge in [0, 0.05) is 18.2 Å². The molecule has 0 atom stereocenters. The van der Waals surface area contributed by atoms with E-state index in [-0.39, 0.29) is 23.3 Å². The summed E-state index contributed by atoms with van der Waals surface area (Å²) in [6, 6.07) is 2.91. The number of carbonyl (C=O) groups is 3. The Morgan fingerprint density at radius 1 is 1.04 bits per heavy atom. The highest BCUT2D eigenvalue weighted by Crippen LogP contribution is 2.30. The van der Waals surface area contributed by atoms with Crippen molar-refractivity contribution in [2.75, 3.05) is 10.2 Å². The predicted molar refractivity (Wildman–Crippen MR) is 101 cm³/mol. The van der Waals surface area contributed by atoms with Crippen LogP contribution in [0.15, 0.2) is 18.3 Å². The molecule has 1 aliphatic rings. The second-order valence-electron chi connectivity index (χ2n) is 8.46. The van der Waals surface area contributed by atoms with Gasteiger partial charge < -0.3 is 14.8 Å². The van der Waals surface area contributed by atoms with Gasteiger partial charge >= 0.3 is 12.2 Å². The number of pyridine rings is 1. The maximum atomic E-state index is 12.6. The molecule has 1 saturated carbocycles. The molecule has 1 aliphatic carbocycles. The zero-order chi connectivity index (χ0) is 20.4. The molecule has 0 aromatic carbocycles. The van der Waals surface area contributed by atoms with E-state index in [0.717, 1.165) is 17.7 Å². The molecule has 0 saturated heterocycles. The van der Waals surface area contributed by atoms with Crippen LogP contribution in [0, 0.1) is 5.92 Å². The molecule has 0 aliphatic heterocycles. The predicted octanol–water partition coefficient (Wildman–Crippen LogP) is 4.11. The van der Waals surface area contributed by atoms with Crippen LogP contribution in [0.1, 0.15) is 54.4 Å². The molecular formula is C19H27N3O5. The van der Waals surface area contributed by atoms with Gasteiger partial charge in [-0.2, -0.15) is 4.90 Å². The van der Waals surface area contributed by atoms with E-state index in [9.17, 15) is 14.4 Å². The monoisotopic (exact) mass is 377 g/mol. The normalized spacial score (nSPS) is 14.3. The first-order chi connectivity index (χ1) is 12.4. The Labute approximate surface area is 159 Å². The fourth-order valence-electron chi connectivity index (χ4n) is 2.10. The van der Waals surface area contributed by atoms with E-state index in [1.165, 1.54) is 18.3 Å². The molecule has 27 heavy (non-hydrogen) atoms. The summed E-state index contributed by atoms with van der Waals surface area (Å²) in [5.41, 5.74) is -1.40. The molecule has 0 unspecified atom stereocenters. The van der Waals surface area contributed by atoms with Crippen LogP contribution in [-0.4, -0.2) is 34.3 Å². The van der Waals surface area contributed by atoms with Crippen molar-refractivity contribution in [1.82, 2.24) is 4.98 Å². The Hall–Kier alpha value is -2.64. The van der Waals surface area contributed by atoms with Crippen molar-refractivity contribution in [3.05, 3.63) is 18.3 Å². The van der Waals surface area contributed by atoms with Crippen molar-refractivity contribution >= 4 is 29.6 Å². The number of anilines is 2. The van der Waals surface area contributed by atoms with Crippen LogP contribution < -0.4 is 10.2 Å². The maximum absolute atomic E-state index is 12.6. The molecule has 1 aromatic heterocycles. The average Bonchev–Trinajstić information content (AvgIpc) is 3.28. The number of hydrogen-bond donors (Lipinski definition) is 1. The number of nitrogens with one attached hydrogen (secondary N) is 1. The fourth-order valence-corrected chi connectivity index (χ4v) is 2.10. The van der Waals surface area contributed by atoms with E-state index in [1.807, 2.05) is 0 Å². The summed E-state index contributed by atoms with van der Waals surface area (Å²) in [5.74, 6) is 0.130. The number of carbonyl (C=O) groups excluding carboxylic acids is 3. The van der Waals surface area contributed by atoms with Gasteiger partial charge in [0.2, 0.25) is 5.91 Å². The first kappa shape index (κ1) is 20.7. The largest absolute Gasteiger partial charge is 0.443 e. The van der Waals surface area contributed by atoms with Gasteiger partial charge in [0.15, 0.2) is 0 Å². The third-order valence-corrected chi connectivity index (χ3v) is 3.35. The number of imide groups is 1. The Morgan fingerprint density at radius 2 is 1.56 bits per heavy atom. The Kier molecular flexibility index (Phi) is 5.77. The molecule has 148 valence electrons. The molecule has 1 heterocycles. The van der Waals surface area contributed by atoms with E-state index < -0.39 is 23.4 Å². The van der Waals surface area contributed by atoms with Crippen molar-refractivity contribution in [3.8, 4) is 0 Å². The first-order valence-corrected chi connectivity index (χ1v) is 8.89. The molecular weight excluding hydrogens is 350 g/mol. The second-order valence-corrected chi connectivity index (χ2v) is 8.46. The van der Waals surface area contributed by atoms with E-state index >= 15 is 0 Å². The smallest absolute Gasteiger partial charge is 0.424 e. The van der Waals surface area contributed by atoms with E-state index in [1.54, 1.807) is 41.5 Å². The topological polar surface area (TPSA) is 97.8 Å². The van der Waals surface area contributed by atoms with Crippen molar-refractivity contribution in [1.29, 1.82) is 0 Å². The number of amides is 3. The molecule has 8 nitrogen and oxygen atoms in total. The lowest BCUT2D eigenvalue weighted by molar-refractivity contribution is -0.117. The molecule has 0 bridgehead atoms. The minimum atomic E-state index is -0.873. The van der Waals surface area contributed by atoms with Gasteiger partial charge in [-0.3, -0.25) is 4.79 Å². The number of rotatable bonds is 3. The number of nitrogens with zero attached hydrogens (tertiary/aromatic N) is 2. The van der Waals surface area contributed by atoms with E-state index in [0.29, 0.717) is 0 Å². The van der Waals surface area contributed by atoms with Crippen LogP contribution in [-0.2, 0) is 14.3 Å². The summed E-state index contributed by atoms with van der Waals surface area (Å²) in [5, 5.41) is 2.69. The summed E-state index contributed by atoms with van der Waals surface area (Å²) >= 11 is 0. The minimum absolute atomic E-state index is 0.00303. The SMILES string of the molecule is CC(C)(C)OC(=O)N(C(=O)OC(C)(C)C)c1ccnc(NC(=O)C2CC2)c1. The summed E-state index contributed by atoms with van der Waals surface area (Å²) in [7, 11) is 0. The van der Waals surface area contributed by atoms with Gasteiger partial charge in [0.1, 0.15) is 17.0 Å². The van der Waals surface area contributed by atoms with Crippen LogP contribution in [0.4, 0.5) is 21.1 Å². The summed E-state index contributed by atoms with van der Waals surface area (Å²) in [6.07, 6.45) is 1.37. The van der Waals surface area contributed by atoms with Crippen molar-refractivity contribution in [3.63, 3.8) is 0 Å². The molecule has 1 N–H and O–H groups in total. The van der Waals surface area contributed by atoms with E-state index in [4.69, 9.17) is 9.47 Å². The molecule has 0 spiro atoms. The van der Waals surface area contributed by atoms with Crippen molar-refractivity contribution < 1.29 is 23.9 Å². The standard InChI is InChI=1S/C19H27N3O5/c1-18(2,3)26-16(24)22(17(25)27-19(4,5)6)13-9-10-20-14(11-13)21-15(23)12-7-8-12/h9-12H,7-8H2,1-6H3,(H,20,21,23). The lowest BCUT2D eigenvalue weighted by atomic mass is 10.2. The maximum Gasteiger partial charge on any atom is 0.424 e. The summed E-state index contributed by atoms with van der Waals surface area (Å²) in [4.78, 5) is 42.1. The molecule has 1 aromatic rings. The minimum Gasteiger partial charge on any atom is -0.443 e. The molecule has 2 rings (SSSR count). The van der Waals surface area contributed by atoms with Crippen LogP contribution in [0.3, 0.4) is 0 Å². The summed E-state index contributed by atoms with van der Waals surface area (Å²) in [6.45, 7) is 10.2. The third-order valence-electron chi connectivity index (χ3n) is 3.35. The highest BCUT2D eigenvalue weighted by Gasteiger charge is 2.33. The zero-order valence-electron chi connectivity index (χ0n) is 16.7.